The van der Waals surface area contributed by atoms with Gasteiger partial charge in [0, 0.05) is 0 Å². The molecule has 0 aliphatic rings. The number of esters is 1. The van der Waals surface area contributed by atoms with Crippen LogP contribution in [0.25, 0.3) is 0 Å². The molecule has 4 unspecified atom stereocenters. The van der Waals surface area contributed by atoms with Crippen LogP contribution in [0.15, 0.2) is 0 Å². The third kappa shape index (κ3) is 32.8. The summed E-state index contributed by atoms with van der Waals surface area (Å²) in [5, 5.41) is 40.8. The highest BCUT2D eigenvalue weighted by Gasteiger charge is 2.37. The van der Waals surface area contributed by atoms with Gasteiger partial charge in [-0.2, -0.15) is 0 Å². The minimum absolute atomic E-state index is 0.432. The maximum Gasteiger partial charge on any atom is 0.469 e. The van der Waals surface area contributed by atoms with E-state index < -0.39 is 50.9 Å². The Morgan fingerprint density at radius 3 is 1.06 bits per heavy atom. The van der Waals surface area contributed by atoms with Crippen molar-refractivity contribution in [3.8, 4) is 0 Å². The van der Waals surface area contributed by atoms with Crippen LogP contribution in [0.1, 0.15) is 219 Å². The molecule has 6 N–H and O–H groups in total. The second kappa shape index (κ2) is 36.1. The lowest BCUT2D eigenvalue weighted by Crippen LogP contribution is -2.49. The third-order valence-corrected chi connectivity index (χ3v) is 10.8. The zero-order valence-corrected chi connectivity index (χ0v) is 34.4. The van der Waals surface area contributed by atoms with E-state index in [-0.39, 0.29) is 0 Å². The second-order valence-electron chi connectivity index (χ2n) is 15.3. The largest absolute Gasteiger partial charge is 0.469 e. The number of hydrogen-bond donors (Lipinski definition) is 6. The Balaban J connectivity index is 4.48. The summed E-state index contributed by atoms with van der Waals surface area (Å²) in [5.41, 5.74) is 0. The fourth-order valence-electron chi connectivity index (χ4n) is 6.81. The minimum Gasteiger partial charge on any atom is -0.460 e. The van der Waals surface area contributed by atoms with E-state index in [0.29, 0.717) is 12.8 Å². The molecule has 0 aromatic heterocycles. The zero-order chi connectivity index (χ0) is 38.7. The lowest BCUT2D eigenvalue weighted by atomic mass is 10.00. The monoisotopic (exact) mass is 767 g/mol. The van der Waals surface area contributed by atoms with Crippen LogP contribution in [0.3, 0.4) is 0 Å². The van der Waals surface area contributed by atoms with E-state index in [0.717, 1.165) is 38.5 Å². The Morgan fingerprint density at radius 2 is 0.769 bits per heavy atom. The fraction of sp³-hybridized carbons (Fsp3) is 0.976. The van der Waals surface area contributed by atoms with E-state index in [1.165, 1.54) is 154 Å². The van der Waals surface area contributed by atoms with Crippen LogP contribution in [-0.2, 0) is 18.6 Å². The summed E-state index contributed by atoms with van der Waals surface area (Å²) in [4.78, 5) is 30.4. The van der Waals surface area contributed by atoms with Crippen molar-refractivity contribution in [1.29, 1.82) is 0 Å². The van der Waals surface area contributed by atoms with Gasteiger partial charge in [0.25, 0.3) is 0 Å². The number of carbonyl (C=O) groups excluding carboxylic acids is 1. The number of phosphoric ester groups is 1. The highest BCUT2D eigenvalue weighted by molar-refractivity contribution is 7.46. The molecular weight excluding hydrogens is 683 g/mol. The molecule has 312 valence electrons. The predicted molar refractivity (Wildman–Crippen MR) is 211 cm³/mol. The number of carbonyl (C=O) groups is 1. The molecule has 4 atom stereocenters. The highest BCUT2D eigenvalue weighted by atomic mass is 31.2. The second-order valence-corrected chi connectivity index (χ2v) is 16.6. The van der Waals surface area contributed by atoms with Crippen LogP contribution in [0.2, 0.25) is 0 Å². The van der Waals surface area contributed by atoms with E-state index in [4.69, 9.17) is 14.5 Å². The number of phosphoric acid groups is 1. The molecular formula is C41H83O10P. The van der Waals surface area contributed by atoms with Crippen LogP contribution in [0.5, 0.6) is 0 Å². The van der Waals surface area contributed by atoms with E-state index in [9.17, 15) is 29.8 Å². The molecule has 52 heavy (non-hydrogen) atoms. The first kappa shape index (κ1) is 51.4. The molecule has 0 rings (SSSR count). The van der Waals surface area contributed by atoms with E-state index in [1.54, 1.807) is 0 Å². The molecule has 0 radical (unpaired) electrons. The quantitative estimate of drug-likeness (QED) is 0.0200. The van der Waals surface area contributed by atoms with Crippen molar-refractivity contribution in [2.24, 2.45) is 0 Å². The van der Waals surface area contributed by atoms with Crippen molar-refractivity contribution in [3.63, 3.8) is 0 Å². The van der Waals surface area contributed by atoms with Gasteiger partial charge < -0.3 is 34.9 Å². The highest BCUT2D eigenvalue weighted by Crippen LogP contribution is 2.36. The minimum atomic E-state index is -4.92. The fourth-order valence-corrected chi connectivity index (χ4v) is 7.16. The van der Waals surface area contributed by atoms with Crippen molar-refractivity contribution in [1.82, 2.24) is 0 Å². The molecule has 0 heterocycles. The summed E-state index contributed by atoms with van der Waals surface area (Å²) >= 11 is 0. The van der Waals surface area contributed by atoms with Gasteiger partial charge in [-0.05, 0) is 25.7 Å². The number of aliphatic hydroxyl groups excluding tert-OH is 4. The maximum absolute atomic E-state index is 12.8. The number of ether oxygens (including phenoxy) is 1. The molecule has 10 nitrogen and oxygen atoms in total. The molecule has 11 heteroatoms. The van der Waals surface area contributed by atoms with Crippen LogP contribution in [0, 0.1) is 0 Å². The van der Waals surface area contributed by atoms with E-state index in [2.05, 4.69) is 18.4 Å². The SMILES string of the molecule is CCCCCCCCCCCCCCCCCC(CCCCCCCCCCCCCCCCC)OC(=O)C(O)C(O)C(O)C(O)COP(=O)(O)O. The normalized spacial score (nSPS) is 14.5. The van der Waals surface area contributed by atoms with Gasteiger partial charge in [-0.1, -0.05) is 194 Å². The summed E-state index contributed by atoms with van der Waals surface area (Å²) in [6.45, 7) is 3.51. The van der Waals surface area contributed by atoms with E-state index in [1.807, 2.05) is 0 Å². The van der Waals surface area contributed by atoms with E-state index >= 15 is 0 Å². The smallest absolute Gasteiger partial charge is 0.460 e. The Kier molecular flexibility index (Phi) is 35.7. The van der Waals surface area contributed by atoms with Crippen molar-refractivity contribution in [2.45, 2.75) is 250 Å². The lowest BCUT2D eigenvalue weighted by molar-refractivity contribution is -0.175. The number of rotatable bonds is 40. The molecule has 0 saturated carbocycles. The van der Waals surface area contributed by atoms with Gasteiger partial charge in [0.2, 0.25) is 0 Å². The molecule has 0 aliphatic carbocycles. The first-order chi connectivity index (χ1) is 25.0. The Morgan fingerprint density at radius 1 is 0.481 bits per heavy atom. The molecule has 0 bridgehead atoms. The zero-order valence-electron chi connectivity index (χ0n) is 33.5. The molecule has 0 aromatic carbocycles. The van der Waals surface area contributed by atoms with Gasteiger partial charge >= 0.3 is 13.8 Å². The van der Waals surface area contributed by atoms with Crippen LogP contribution < -0.4 is 0 Å². The summed E-state index contributed by atoms with van der Waals surface area (Å²) < 4.78 is 20.7. The third-order valence-electron chi connectivity index (χ3n) is 10.3. The Hall–Kier alpha value is -0.580. The topological polar surface area (TPSA) is 174 Å². The summed E-state index contributed by atoms with van der Waals surface area (Å²) in [5.74, 6) is -1.10. The van der Waals surface area contributed by atoms with Crippen molar-refractivity contribution < 1.29 is 48.8 Å². The molecule has 0 amide bonds. The number of unbranched alkanes of at least 4 members (excludes halogenated alkanes) is 28. The van der Waals surface area contributed by atoms with Crippen LogP contribution in [0.4, 0.5) is 0 Å². The van der Waals surface area contributed by atoms with Crippen molar-refractivity contribution >= 4 is 13.8 Å². The molecule has 0 aliphatic heterocycles. The summed E-state index contributed by atoms with van der Waals surface area (Å²) in [6.07, 6.45) is 30.3. The standard InChI is InChI=1S/C41H83O10P/c1-3-5-7-9-11-13-15-17-19-21-23-25-27-29-31-33-36(34-32-30-28-26-24-22-20-18-16-14-12-10-8-6-4-2)51-41(46)40(45)39(44)38(43)37(42)35-50-52(47,48)49/h36-40,42-45H,3-35H2,1-2H3,(H2,47,48,49). The van der Waals surface area contributed by atoms with Gasteiger partial charge in [-0.25, -0.2) is 9.36 Å². The first-order valence-corrected chi connectivity index (χ1v) is 23.2. The van der Waals surface area contributed by atoms with Crippen molar-refractivity contribution in [2.75, 3.05) is 6.61 Å². The Labute approximate surface area is 318 Å². The summed E-state index contributed by atoms with van der Waals surface area (Å²) in [6, 6.07) is 0. The maximum atomic E-state index is 12.8. The van der Waals surface area contributed by atoms with Gasteiger partial charge in [-0.3, -0.25) is 4.52 Å². The molecule has 0 fully saturated rings. The molecule has 0 saturated heterocycles. The Bertz CT molecular complexity index is 791. The van der Waals surface area contributed by atoms with Gasteiger partial charge in [0.15, 0.2) is 6.10 Å². The average Bonchev–Trinajstić information content (AvgIpc) is 3.12. The van der Waals surface area contributed by atoms with Gasteiger partial charge in [-0.15, -0.1) is 0 Å². The average molecular weight is 767 g/mol. The van der Waals surface area contributed by atoms with Crippen LogP contribution >= 0.6 is 7.82 Å². The number of hydrogen-bond acceptors (Lipinski definition) is 8. The van der Waals surface area contributed by atoms with Gasteiger partial charge in [0.05, 0.1) is 6.61 Å². The van der Waals surface area contributed by atoms with Crippen LogP contribution in [-0.4, -0.2) is 73.3 Å². The molecule has 0 spiro atoms. The lowest BCUT2D eigenvalue weighted by Gasteiger charge is -2.27. The predicted octanol–water partition coefficient (Wildman–Crippen LogP) is 9.97. The van der Waals surface area contributed by atoms with Crippen molar-refractivity contribution in [3.05, 3.63) is 0 Å². The number of aliphatic hydroxyl groups is 4. The van der Waals surface area contributed by atoms with Gasteiger partial charge in [0.1, 0.15) is 24.4 Å². The summed E-state index contributed by atoms with van der Waals surface area (Å²) in [7, 11) is -4.92. The first-order valence-electron chi connectivity index (χ1n) is 21.7. The molecule has 0 aromatic rings.